The molecule has 0 fully saturated rings. The zero-order chi connectivity index (χ0) is 13.3. The molecule has 1 aromatic carbocycles. The van der Waals surface area contributed by atoms with Crippen LogP contribution in [0.15, 0.2) is 12.1 Å². The number of likely N-dealkylation sites (N-methyl/N-ethyl adjacent to an activating group) is 1. The van der Waals surface area contributed by atoms with E-state index in [1.54, 1.807) is 13.1 Å². The Bertz CT molecular complexity index is 475. The van der Waals surface area contributed by atoms with Crippen molar-refractivity contribution in [1.82, 2.24) is 5.32 Å². The van der Waals surface area contributed by atoms with Gasteiger partial charge in [-0.25, -0.2) is 0 Å². The van der Waals surface area contributed by atoms with Crippen molar-refractivity contribution >= 4 is 5.97 Å². The van der Waals surface area contributed by atoms with Gasteiger partial charge in [-0.3, -0.25) is 4.79 Å². The first kappa shape index (κ1) is 12.7. The smallest absolute Gasteiger partial charge is 0.322 e. The van der Waals surface area contributed by atoms with Gasteiger partial charge in [0.15, 0.2) is 11.5 Å². The van der Waals surface area contributed by atoms with Gasteiger partial charge in [0.2, 0.25) is 6.79 Å². The molecular weight excluding hydrogens is 236 g/mol. The maximum atomic E-state index is 11.0. The third kappa shape index (κ3) is 2.12. The number of carbonyl (C=O) groups is 1. The van der Waals surface area contributed by atoms with Crippen LogP contribution >= 0.6 is 0 Å². The number of rotatable bonds is 4. The van der Waals surface area contributed by atoms with Gasteiger partial charge in [-0.05, 0) is 37.2 Å². The molecule has 0 saturated heterocycles. The van der Waals surface area contributed by atoms with Crippen LogP contribution in [-0.4, -0.2) is 31.0 Å². The second-order valence-electron chi connectivity index (χ2n) is 4.19. The second-order valence-corrected chi connectivity index (χ2v) is 4.19. The third-order valence-corrected chi connectivity index (χ3v) is 3.05. The molecule has 1 aliphatic heterocycles. The Balaban J connectivity index is 2.39. The number of nitrogens with two attached hydrogens (primary N) is 1. The molecule has 0 aliphatic carbocycles. The minimum absolute atomic E-state index is 0.188. The van der Waals surface area contributed by atoms with Gasteiger partial charge < -0.3 is 25.6 Å². The standard InChI is InChI=1S/C12H16N2O4/c1-6-3-8-9(18-5-17-8)4-7(6)11(14-2)10(13)12(15)16/h3-4,10-11,14H,5,13H2,1-2H3,(H,15,16). The Morgan fingerprint density at radius 1 is 1.44 bits per heavy atom. The van der Waals surface area contributed by atoms with Crippen LogP contribution < -0.4 is 20.5 Å². The zero-order valence-corrected chi connectivity index (χ0v) is 10.3. The first-order valence-electron chi connectivity index (χ1n) is 5.60. The van der Waals surface area contributed by atoms with E-state index in [9.17, 15) is 4.79 Å². The lowest BCUT2D eigenvalue weighted by molar-refractivity contribution is -0.139. The monoisotopic (exact) mass is 252 g/mol. The van der Waals surface area contributed by atoms with Crippen LogP contribution in [0.25, 0.3) is 0 Å². The molecule has 0 spiro atoms. The highest BCUT2D eigenvalue weighted by Gasteiger charge is 2.27. The number of aliphatic carboxylic acids is 1. The Hall–Kier alpha value is -1.79. The van der Waals surface area contributed by atoms with Gasteiger partial charge in [0, 0.05) is 0 Å². The molecule has 1 aliphatic rings. The van der Waals surface area contributed by atoms with E-state index in [4.69, 9.17) is 20.3 Å². The second kappa shape index (κ2) is 4.83. The van der Waals surface area contributed by atoms with Crippen molar-refractivity contribution in [3.63, 3.8) is 0 Å². The summed E-state index contributed by atoms with van der Waals surface area (Å²) in [7, 11) is 1.68. The molecular formula is C12H16N2O4. The van der Waals surface area contributed by atoms with Gasteiger partial charge in [0.05, 0.1) is 6.04 Å². The summed E-state index contributed by atoms with van der Waals surface area (Å²) in [5, 5.41) is 11.9. The van der Waals surface area contributed by atoms with Crippen LogP contribution in [0.4, 0.5) is 0 Å². The number of benzene rings is 1. The maximum Gasteiger partial charge on any atom is 0.322 e. The van der Waals surface area contributed by atoms with E-state index in [2.05, 4.69) is 5.32 Å². The molecule has 18 heavy (non-hydrogen) atoms. The van der Waals surface area contributed by atoms with Gasteiger partial charge in [-0.15, -0.1) is 0 Å². The molecule has 98 valence electrons. The van der Waals surface area contributed by atoms with E-state index in [1.807, 2.05) is 13.0 Å². The van der Waals surface area contributed by atoms with Crippen LogP contribution in [0.3, 0.4) is 0 Å². The largest absolute Gasteiger partial charge is 0.480 e. The van der Waals surface area contributed by atoms with Crippen molar-refractivity contribution in [3.05, 3.63) is 23.3 Å². The van der Waals surface area contributed by atoms with Gasteiger partial charge in [-0.1, -0.05) is 0 Å². The van der Waals surface area contributed by atoms with E-state index >= 15 is 0 Å². The summed E-state index contributed by atoms with van der Waals surface area (Å²) >= 11 is 0. The molecule has 2 atom stereocenters. The van der Waals surface area contributed by atoms with Crippen LogP contribution in [0.2, 0.25) is 0 Å². The molecule has 4 N–H and O–H groups in total. The molecule has 0 radical (unpaired) electrons. The van der Waals surface area contributed by atoms with Gasteiger partial charge in [0.1, 0.15) is 6.04 Å². The quantitative estimate of drug-likeness (QED) is 0.718. The maximum absolute atomic E-state index is 11.0. The van der Waals surface area contributed by atoms with Crippen LogP contribution in [-0.2, 0) is 4.79 Å². The van der Waals surface area contributed by atoms with E-state index in [1.165, 1.54) is 0 Å². The van der Waals surface area contributed by atoms with Gasteiger partial charge in [0.25, 0.3) is 0 Å². The molecule has 0 aromatic heterocycles. The highest BCUT2D eigenvalue weighted by Crippen LogP contribution is 2.36. The molecule has 6 heteroatoms. The van der Waals surface area contributed by atoms with Crippen molar-refractivity contribution in [2.75, 3.05) is 13.8 Å². The normalized spacial score (nSPS) is 16.4. The number of nitrogens with one attached hydrogen (secondary N) is 1. The molecule has 0 bridgehead atoms. The van der Waals surface area contributed by atoms with Crippen LogP contribution in [0.1, 0.15) is 17.2 Å². The molecule has 2 unspecified atom stereocenters. The highest BCUT2D eigenvalue weighted by atomic mass is 16.7. The average molecular weight is 252 g/mol. The average Bonchev–Trinajstić information content (AvgIpc) is 2.76. The number of carboxylic acid groups (broad SMARTS) is 1. The van der Waals surface area contributed by atoms with Crippen molar-refractivity contribution in [2.45, 2.75) is 19.0 Å². The number of hydrogen-bond acceptors (Lipinski definition) is 5. The Kier molecular flexibility index (Phi) is 3.40. The SMILES string of the molecule is CNC(c1cc2c(cc1C)OCO2)C(N)C(=O)O. The summed E-state index contributed by atoms with van der Waals surface area (Å²) in [5.41, 5.74) is 7.40. The lowest BCUT2D eigenvalue weighted by atomic mass is 9.95. The first-order chi connectivity index (χ1) is 8.54. The predicted molar refractivity (Wildman–Crippen MR) is 64.7 cm³/mol. The third-order valence-electron chi connectivity index (χ3n) is 3.05. The summed E-state index contributed by atoms with van der Waals surface area (Å²) in [6.45, 7) is 2.07. The molecule has 0 saturated carbocycles. The number of hydrogen-bond donors (Lipinski definition) is 3. The fraction of sp³-hybridized carbons (Fsp3) is 0.417. The Labute approximate surface area is 105 Å². The predicted octanol–water partition coefficient (Wildman–Crippen LogP) is 0.396. The lowest BCUT2D eigenvalue weighted by Crippen LogP contribution is -2.42. The zero-order valence-electron chi connectivity index (χ0n) is 10.3. The minimum atomic E-state index is -1.05. The fourth-order valence-corrected chi connectivity index (χ4v) is 2.07. The van der Waals surface area contributed by atoms with Crippen LogP contribution in [0, 0.1) is 6.92 Å². The van der Waals surface area contributed by atoms with Gasteiger partial charge >= 0.3 is 5.97 Å². The van der Waals surface area contributed by atoms with Crippen molar-refractivity contribution < 1.29 is 19.4 Å². The van der Waals surface area contributed by atoms with E-state index in [0.29, 0.717) is 11.5 Å². The van der Waals surface area contributed by atoms with Crippen molar-refractivity contribution in [2.24, 2.45) is 5.73 Å². The van der Waals surface area contributed by atoms with Gasteiger partial charge in [-0.2, -0.15) is 0 Å². The topological polar surface area (TPSA) is 93.8 Å². The molecule has 1 heterocycles. The first-order valence-corrected chi connectivity index (χ1v) is 5.60. The summed E-state index contributed by atoms with van der Waals surface area (Å²) in [4.78, 5) is 11.0. The van der Waals surface area contributed by atoms with Crippen molar-refractivity contribution in [1.29, 1.82) is 0 Å². The van der Waals surface area contributed by atoms with Crippen molar-refractivity contribution in [3.8, 4) is 11.5 Å². The van der Waals surface area contributed by atoms with E-state index < -0.39 is 18.1 Å². The number of ether oxygens (including phenoxy) is 2. The van der Waals surface area contributed by atoms with E-state index in [-0.39, 0.29) is 6.79 Å². The summed E-state index contributed by atoms with van der Waals surface area (Å²) in [6.07, 6.45) is 0. The van der Waals surface area contributed by atoms with E-state index in [0.717, 1.165) is 11.1 Å². The molecule has 2 rings (SSSR count). The molecule has 0 amide bonds. The fourth-order valence-electron chi connectivity index (χ4n) is 2.07. The Morgan fingerprint density at radius 3 is 2.61 bits per heavy atom. The summed E-state index contributed by atoms with van der Waals surface area (Å²) in [5.74, 6) is 0.245. The minimum Gasteiger partial charge on any atom is -0.480 e. The lowest BCUT2D eigenvalue weighted by Gasteiger charge is -2.22. The number of aryl methyl sites for hydroxylation is 1. The van der Waals surface area contributed by atoms with Crippen LogP contribution in [0.5, 0.6) is 11.5 Å². The molecule has 1 aromatic rings. The number of fused-ring (bicyclic) bond motifs is 1. The summed E-state index contributed by atoms with van der Waals surface area (Å²) < 4.78 is 10.6. The highest BCUT2D eigenvalue weighted by molar-refractivity contribution is 5.74. The molecule has 6 nitrogen and oxygen atoms in total. The number of carboxylic acids is 1. The summed E-state index contributed by atoms with van der Waals surface area (Å²) in [6, 6.07) is 2.11. The Morgan fingerprint density at radius 2 is 2.06 bits per heavy atom.